The summed E-state index contributed by atoms with van der Waals surface area (Å²) >= 11 is 0. The van der Waals surface area contributed by atoms with Crippen LogP contribution in [0.5, 0.6) is 0 Å². The van der Waals surface area contributed by atoms with Gasteiger partial charge in [-0.1, -0.05) is 32.9 Å². The molecule has 0 saturated heterocycles. The van der Waals surface area contributed by atoms with Gasteiger partial charge in [0.1, 0.15) is 0 Å². The number of H-pyrrole nitrogens is 2. The van der Waals surface area contributed by atoms with Crippen LogP contribution in [0.25, 0.3) is 10.8 Å². The summed E-state index contributed by atoms with van der Waals surface area (Å²) in [5.74, 6) is 0. The average molecular weight is 218 g/mol. The molecule has 0 unspecified atom stereocenters. The Morgan fingerprint density at radius 3 is 2.25 bits per heavy atom. The van der Waals surface area contributed by atoms with E-state index in [1.54, 1.807) is 12.1 Å². The molecule has 2 rings (SSSR count). The third-order valence-corrected chi connectivity index (χ3v) is 2.63. The highest BCUT2D eigenvalue weighted by molar-refractivity contribution is 5.84. The van der Waals surface area contributed by atoms with Crippen molar-refractivity contribution < 1.29 is 0 Å². The van der Waals surface area contributed by atoms with Gasteiger partial charge in [0.05, 0.1) is 10.8 Å². The van der Waals surface area contributed by atoms with Gasteiger partial charge in [-0.05, 0) is 17.0 Å². The van der Waals surface area contributed by atoms with E-state index in [-0.39, 0.29) is 16.5 Å². The lowest BCUT2D eigenvalue weighted by molar-refractivity contribution is 0.595. The number of rotatable bonds is 0. The monoisotopic (exact) mass is 218 g/mol. The number of hydrogen-bond donors (Lipinski definition) is 2. The largest absolute Gasteiger partial charge is 0.270 e. The molecule has 1 heterocycles. The number of hydrogen-bond acceptors (Lipinski definition) is 2. The standard InChI is InChI=1S/C12H14N2O2/c1-12(2,3)8-6-4-5-7-9(8)11(16)14-13-10(7)15/h4-6H,1-3H3,(H,13,15)(H,14,16). The molecule has 4 nitrogen and oxygen atoms in total. The van der Waals surface area contributed by atoms with Crippen molar-refractivity contribution in [3.05, 3.63) is 44.5 Å². The van der Waals surface area contributed by atoms with E-state index >= 15 is 0 Å². The number of benzene rings is 1. The normalized spacial score (nSPS) is 11.9. The number of nitrogens with one attached hydrogen (secondary N) is 2. The molecule has 4 heteroatoms. The SMILES string of the molecule is CC(C)(C)c1cccc2c(=O)[nH][nH]c(=O)c12. The summed E-state index contributed by atoms with van der Waals surface area (Å²) in [7, 11) is 0. The Labute approximate surface area is 92.3 Å². The van der Waals surface area contributed by atoms with Gasteiger partial charge < -0.3 is 0 Å². The second-order valence-corrected chi connectivity index (χ2v) is 4.89. The van der Waals surface area contributed by atoms with E-state index in [1.165, 1.54) is 0 Å². The van der Waals surface area contributed by atoms with Crippen LogP contribution in [0.4, 0.5) is 0 Å². The van der Waals surface area contributed by atoms with Crippen LogP contribution in [0.3, 0.4) is 0 Å². The number of aromatic amines is 2. The molecule has 0 aliphatic rings. The molecule has 1 aromatic carbocycles. The van der Waals surface area contributed by atoms with Gasteiger partial charge in [-0.15, -0.1) is 0 Å². The summed E-state index contributed by atoms with van der Waals surface area (Å²) in [4.78, 5) is 23.4. The zero-order valence-electron chi connectivity index (χ0n) is 9.55. The zero-order chi connectivity index (χ0) is 11.9. The molecule has 84 valence electrons. The van der Waals surface area contributed by atoms with Crippen LogP contribution < -0.4 is 11.1 Å². The van der Waals surface area contributed by atoms with Gasteiger partial charge >= 0.3 is 0 Å². The third-order valence-electron chi connectivity index (χ3n) is 2.63. The van der Waals surface area contributed by atoms with E-state index in [9.17, 15) is 9.59 Å². The number of fused-ring (bicyclic) bond motifs is 1. The van der Waals surface area contributed by atoms with Crippen molar-refractivity contribution in [1.29, 1.82) is 0 Å². The molecule has 0 bridgehead atoms. The molecular weight excluding hydrogens is 204 g/mol. The van der Waals surface area contributed by atoms with Crippen LogP contribution in [0, 0.1) is 0 Å². The zero-order valence-corrected chi connectivity index (χ0v) is 9.55. The van der Waals surface area contributed by atoms with Crippen LogP contribution in [0.2, 0.25) is 0 Å². The molecule has 0 saturated carbocycles. The van der Waals surface area contributed by atoms with E-state index in [2.05, 4.69) is 10.2 Å². The second-order valence-electron chi connectivity index (χ2n) is 4.89. The van der Waals surface area contributed by atoms with Crippen LogP contribution in [-0.2, 0) is 5.41 Å². The van der Waals surface area contributed by atoms with Crippen LogP contribution in [-0.4, -0.2) is 10.2 Å². The van der Waals surface area contributed by atoms with E-state index in [0.717, 1.165) is 5.56 Å². The Kier molecular flexibility index (Phi) is 2.22. The fourth-order valence-corrected chi connectivity index (χ4v) is 1.85. The molecular formula is C12H14N2O2. The first-order valence-corrected chi connectivity index (χ1v) is 5.15. The summed E-state index contributed by atoms with van der Waals surface area (Å²) in [5.41, 5.74) is 0.207. The van der Waals surface area contributed by atoms with Gasteiger partial charge in [0.2, 0.25) is 0 Å². The highest BCUT2D eigenvalue weighted by atomic mass is 16.1. The highest BCUT2D eigenvalue weighted by Crippen LogP contribution is 2.26. The first-order valence-electron chi connectivity index (χ1n) is 5.15. The van der Waals surface area contributed by atoms with Crippen LogP contribution in [0.15, 0.2) is 27.8 Å². The van der Waals surface area contributed by atoms with E-state index in [0.29, 0.717) is 10.8 Å². The van der Waals surface area contributed by atoms with E-state index in [1.807, 2.05) is 26.8 Å². The summed E-state index contributed by atoms with van der Waals surface area (Å²) in [6.45, 7) is 6.05. The molecule has 1 aromatic heterocycles. The third kappa shape index (κ3) is 1.56. The summed E-state index contributed by atoms with van der Waals surface area (Å²) in [5, 5.41) is 5.62. The van der Waals surface area contributed by atoms with E-state index < -0.39 is 0 Å². The quantitative estimate of drug-likeness (QED) is 0.704. The predicted octanol–water partition coefficient (Wildman–Crippen LogP) is 1.51. The lowest BCUT2D eigenvalue weighted by Crippen LogP contribution is -2.23. The Morgan fingerprint density at radius 1 is 1.00 bits per heavy atom. The molecule has 0 spiro atoms. The molecule has 0 fully saturated rings. The lowest BCUT2D eigenvalue weighted by Gasteiger charge is -2.20. The summed E-state index contributed by atoms with van der Waals surface area (Å²) in [6, 6.07) is 5.35. The fourth-order valence-electron chi connectivity index (χ4n) is 1.85. The van der Waals surface area contributed by atoms with Crippen molar-refractivity contribution in [1.82, 2.24) is 10.2 Å². The minimum absolute atomic E-state index is 0.166. The van der Waals surface area contributed by atoms with E-state index in [4.69, 9.17) is 0 Å². The molecule has 0 atom stereocenters. The van der Waals surface area contributed by atoms with Gasteiger partial charge in [-0.25, -0.2) is 0 Å². The number of aromatic nitrogens is 2. The van der Waals surface area contributed by atoms with Gasteiger partial charge in [-0.3, -0.25) is 19.8 Å². The Hall–Kier alpha value is -1.84. The molecule has 2 N–H and O–H groups in total. The Balaban J connectivity index is 3.04. The Bertz CT molecular complexity index is 644. The summed E-state index contributed by atoms with van der Waals surface area (Å²) < 4.78 is 0. The molecule has 2 aromatic rings. The van der Waals surface area contributed by atoms with Crippen LogP contribution in [0.1, 0.15) is 26.3 Å². The van der Waals surface area contributed by atoms with Crippen molar-refractivity contribution in [2.75, 3.05) is 0 Å². The van der Waals surface area contributed by atoms with Gasteiger partial charge in [-0.2, -0.15) is 0 Å². The lowest BCUT2D eigenvalue weighted by atomic mass is 9.84. The van der Waals surface area contributed by atoms with Crippen molar-refractivity contribution in [3.63, 3.8) is 0 Å². The maximum Gasteiger partial charge on any atom is 0.270 e. The summed E-state index contributed by atoms with van der Waals surface area (Å²) in [6.07, 6.45) is 0. The van der Waals surface area contributed by atoms with Gasteiger partial charge in [0.25, 0.3) is 11.1 Å². The van der Waals surface area contributed by atoms with Crippen molar-refractivity contribution in [3.8, 4) is 0 Å². The van der Waals surface area contributed by atoms with Crippen molar-refractivity contribution in [2.24, 2.45) is 0 Å². The molecule has 0 amide bonds. The molecule has 0 aliphatic heterocycles. The first kappa shape index (κ1) is 10.7. The average Bonchev–Trinajstić information content (AvgIpc) is 2.22. The molecule has 16 heavy (non-hydrogen) atoms. The molecule has 0 radical (unpaired) electrons. The Morgan fingerprint density at radius 2 is 1.62 bits per heavy atom. The van der Waals surface area contributed by atoms with Crippen molar-refractivity contribution >= 4 is 10.8 Å². The highest BCUT2D eigenvalue weighted by Gasteiger charge is 2.19. The second kappa shape index (κ2) is 3.33. The van der Waals surface area contributed by atoms with Gasteiger partial charge in [0, 0.05) is 0 Å². The smallest absolute Gasteiger partial charge is 0.267 e. The minimum atomic E-state index is -0.263. The maximum atomic E-state index is 11.8. The topological polar surface area (TPSA) is 65.7 Å². The van der Waals surface area contributed by atoms with Crippen LogP contribution >= 0.6 is 0 Å². The first-order chi connectivity index (χ1) is 7.41. The van der Waals surface area contributed by atoms with Crippen molar-refractivity contribution in [2.45, 2.75) is 26.2 Å². The fraction of sp³-hybridized carbons (Fsp3) is 0.333. The predicted molar refractivity (Wildman–Crippen MR) is 63.9 cm³/mol. The minimum Gasteiger partial charge on any atom is -0.267 e. The molecule has 0 aliphatic carbocycles. The van der Waals surface area contributed by atoms with Gasteiger partial charge in [0.15, 0.2) is 0 Å². The maximum absolute atomic E-state index is 11.8.